The largest absolute Gasteiger partial charge is 0.508 e. The highest BCUT2D eigenvalue weighted by Crippen LogP contribution is 2.26. The quantitative estimate of drug-likeness (QED) is 0.823. The van der Waals surface area contributed by atoms with E-state index < -0.39 is 0 Å². The first-order valence-electron chi connectivity index (χ1n) is 5.80. The van der Waals surface area contributed by atoms with Crippen molar-refractivity contribution in [2.45, 2.75) is 13.5 Å². The van der Waals surface area contributed by atoms with E-state index >= 15 is 0 Å². The van der Waals surface area contributed by atoms with Crippen LogP contribution in [0.2, 0.25) is 0 Å². The van der Waals surface area contributed by atoms with Gasteiger partial charge in [0.15, 0.2) is 5.78 Å². The molecule has 100 valence electrons. The number of thiophene rings is 1. The van der Waals surface area contributed by atoms with Crippen LogP contribution >= 0.6 is 11.3 Å². The second-order valence-electron chi connectivity index (χ2n) is 4.07. The standard InChI is InChI=1S/C14H15NO3S/c1-9(16)13-5-6-14(19-13)15-8-10-7-11(18-2)3-4-12(10)17/h3-7,15,17H,8H2,1-2H3. The number of carbonyl (C=O) groups is 1. The molecule has 0 spiro atoms. The van der Waals surface area contributed by atoms with Crippen LogP contribution in [0.15, 0.2) is 30.3 Å². The molecule has 0 aliphatic rings. The number of benzene rings is 1. The first kappa shape index (κ1) is 13.4. The number of methoxy groups -OCH3 is 1. The molecule has 0 bridgehead atoms. The number of ether oxygens (including phenoxy) is 1. The maximum atomic E-state index is 11.2. The fraction of sp³-hybridized carbons (Fsp3) is 0.214. The second-order valence-corrected chi connectivity index (χ2v) is 5.15. The SMILES string of the molecule is COc1ccc(O)c(CNc2ccc(C(C)=O)s2)c1. The Morgan fingerprint density at radius 1 is 1.37 bits per heavy atom. The summed E-state index contributed by atoms with van der Waals surface area (Å²) in [4.78, 5) is 11.9. The molecule has 5 heteroatoms. The van der Waals surface area contributed by atoms with Crippen LogP contribution in [0.1, 0.15) is 22.2 Å². The number of Topliss-reactive ketones (excluding diaryl/α,β-unsaturated/α-hetero) is 1. The third-order valence-electron chi connectivity index (χ3n) is 2.69. The number of anilines is 1. The molecule has 19 heavy (non-hydrogen) atoms. The van der Waals surface area contributed by atoms with E-state index in [9.17, 15) is 9.90 Å². The van der Waals surface area contributed by atoms with Crippen LogP contribution < -0.4 is 10.1 Å². The van der Waals surface area contributed by atoms with Crippen LogP contribution in [0.5, 0.6) is 11.5 Å². The topological polar surface area (TPSA) is 58.6 Å². The van der Waals surface area contributed by atoms with E-state index in [1.807, 2.05) is 6.07 Å². The molecule has 0 radical (unpaired) electrons. The fourth-order valence-corrected chi connectivity index (χ4v) is 2.43. The summed E-state index contributed by atoms with van der Waals surface area (Å²) in [7, 11) is 1.59. The Morgan fingerprint density at radius 3 is 2.79 bits per heavy atom. The molecule has 0 amide bonds. The minimum absolute atomic E-state index is 0.0577. The van der Waals surface area contributed by atoms with E-state index in [1.165, 1.54) is 11.3 Å². The van der Waals surface area contributed by atoms with Crippen LogP contribution in [-0.4, -0.2) is 18.0 Å². The zero-order valence-electron chi connectivity index (χ0n) is 10.8. The summed E-state index contributed by atoms with van der Waals surface area (Å²) in [5.41, 5.74) is 0.747. The molecule has 2 aromatic rings. The van der Waals surface area contributed by atoms with Crippen LogP contribution in [-0.2, 0) is 6.54 Å². The predicted molar refractivity (Wildman–Crippen MR) is 76.3 cm³/mol. The summed E-state index contributed by atoms with van der Waals surface area (Å²) in [6, 6.07) is 8.74. The highest BCUT2D eigenvalue weighted by molar-refractivity contribution is 7.17. The van der Waals surface area contributed by atoms with Crippen LogP contribution in [0.3, 0.4) is 0 Å². The third kappa shape index (κ3) is 3.26. The molecule has 4 nitrogen and oxygen atoms in total. The van der Waals surface area contributed by atoms with E-state index in [4.69, 9.17) is 4.74 Å². The lowest BCUT2D eigenvalue weighted by Gasteiger charge is -2.08. The zero-order chi connectivity index (χ0) is 13.8. The lowest BCUT2D eigenvalue weighted by molar-refractivity contribution is 0.102. The lowest BCUT2D eigenvalue weighted by Crippen LogP contribution is -1.98. The minimum atomic E-state index is 0.0577. The van der Waals surface area contributed by atoms with Gasteiger partial charge in [0.05, 0.1) is 17.0 Å². The van der Waals surface area contributed by atoms with Crippen molar-refractivity contribution in [3.8, 4) is 11.5 Å². The number of hydrogen-bond donors (Lipinski definition) is 2. The van der Waals surface area contributed by atoms with Gasteiger partial charge in [-0.25, -0.2) is 0 Å². The van der Waals surface area contributed by atoms with Gasteiger partial charge >= 0.3 is 0 Å². The molecular formula is C14H15NO3S. The molecule has 1 aromatic heterocycles. The van der Waals surface area contributed by atoms with Crippen LogP contribution in [0, 0.1) is 0 Å². The normalized spacial score (nSPS) is 10.2. The van der Waals surface area contributed by atoms with Gasteiger partial charge in [-0.1, -0.05) is 0 Å². The number of phenols is 1. The summed E-state index contributed by atoms with van der Waals surface area (Å²) in [5, 5.41) is 13.8. The number of ketones is 1. The molecule has 0 aliphatic heterocycles. The van der Waals surface area contributed by atoms with Gasteiger partial charge in [-0.05, 0) is 37.3 Å². The summed E-state index contributed by atoms with van der Waals surface area (Å²) < 4.78 is 5.12. The molecule has 0 saturated heterocycles. The summed E-state index contributed by atoms with van der Waals surface area (Å²) in [6.07, 6.45) is 0. The first-order valence-corrected chi connectivity index (χ1v) is 6.62. The molecule has 0 atom stereocenters. The summed E-state index contributed by atoms with van der Waals surface area (Å²) in [6.45, 7) is 2.02. The number of rotatable bonds is 5. The van der Waals surface area contributed by atoms with Gasteiger partial charge in [-0.3, -0.25) is 4.79 Å². The Kier molecular flexibility index (Phi) is 4.06. The van der Waals surface area contributed by atoms with E-state index in [1.54, 1.807) is 38.3 Å². The van der Waals surface area contributed by atoms with Crippen molar-refractivity contribution in [3.63, 3.8) is 0 Å². The molecule has 0 saturated carbocycles. The van der Waals surface area contributed by atoms with Gasteiger partial charge in [-0.2, -0.15) is 0 Å². The maximum absolute atomic E-state index is 11.2. The van der Waals surface area contributed by atoms with Crippen molar-refractivity contribution in [2.24, 2.45) is 0 Å². The van der Waals surface area contributed by atoms with Crippen molar-refractivity contribution in [3.05, 3.63) is 40.8 Å². The number of aromatic hydroxyl groups is 1. The molecule has 1 aromatic carbocycles. The van der Waals surface area contributed by atoms with Crippen molar-refractivity contribution < 1.29 is 14.6 Å². The van der Waals surface area contributed by atoms with E-state index in [0.29, 0.717) is 12.3 Å². The lowest BCUT2D eigenvalue weighted by atomic mass is 10.2. The number of nitrogens with one attached hydrogen (secondary N) is 1. The second kappa shape index (κ2) is 5.75. The van der Waals surface area contributed by atoms with Gasteiger partial charge < -0.3 is 15.2 Å². The highest BCUT2D eigenvalue weighted by atomic mass is 32.1. The predicted octanol–water partition coefficient (Wildman–Crippen LogP) is 3.28. The van der Waals surface area contributed by atoms with E-state index in [-0.39, 0.29) is 11.5 Å². The van der Waals surface area contributed by atoms with Gasteiger partial charge in [-0.15, -0.1) is 11.3 Å². The Labute approximate surface area is 115 Å². The number of hydrogen-bond acceptors (Lipinski definition) is 5. The van der Waals surface area contributed by atoms with Gasteiger partial charge in [0.2, 0.25) is 0 Å². The van der Waals surface area contributed by atoms with Crippen molar-refractivity contribution in [1.29, 1.82) is 0 Å². The van der Waals surface area contributed by atoms with Crippen molar-refractivity contribution >= 4 is 22.1 Å². The number of carbonyl (C=O) groups excluding carboxylic acids is 1. The monoisotopic (exact) mass is 277 g/mol. The molecule has 0 aliphatic carbocycles. The Hall–Kier alpha value is -2.01. The van der Waals surface area contributed by atoms with Gasteiger partial charge in [0.25, 0.3) is 0 Å². The highest BCUT2D eigenvalue weighted by Gasteiger charge is 2.06. The molecule has 2 N–H and O–H groups in total. The smallest absolute Gasteiger partial charge is 0.169 e. The fourth-order valence-electron chi connectivity index (χ4n) is 1.63. The van der Waals surface area contributed by atoms with E-state index in [0.717, 1.165) is 15.4 Å². The van der Waals surface area contributed by atoms with Gasteiger partial charge in [0, 0.05) is 12.1 Å². The maximum Gasteiger partial charge on any atom is 0.169 e. The van der Waals surface area contributed by atoms with Gasteiger partial charge in [0.1, 0.15) is 11.5 Å². The molecule has 2 rings (SSSR count). The number of phenolic OH excluding ortho intramolecular Hbond substituents is 1. The zero-order valence-corrected chi connectivity index (χ0v) is 11.6. The Balaban J connectivity index is 2.07. The van der Waals surface area contributed by atoms with Crippen LogP contribution in [0.25, 0.3) is 0 Å². The molecule has 0 unspecified atom stereocenters. The summed E-state index contributed by atoms with van der Waals surface area (Å²) >= 11 is 1.40. The third-order valence-corrected chi connectivity index (χ3v) is 3.84. The molecule has 0 fully saturated rings. The average molecular weight is 277 g/mol. The first-order chi connectivity index (χ1) is 9.10. The Morgan fingerprint density at radius 2 is 2.16 bits per heavy atom. The van der Waals surface area contributed by atoms with E-state index in [2.05, 4.69) is 5.32 Å². The minimum Gasteiger partial charge on any atom is -0.508 e. The van der Waals surface area contributed by atoms with Crippen molar-refractivity contribution in [2.75, 3.05) is 12.4 Å². The molecular weight excluding hydrogens is 262 g/mol. The summed E-state index contributed by atoms with van der Waals surface area (Å²) in [5.74, 6) is 0.976. The van der Waals surface area contributed by atoms with Crippen LogP contribution in [0.4, 0.5) is 5.00 Å². The average Bonchev–Trinajstić information content (AvgIpc) is 2.87. The van der Waals surface area contributed by atoms with Crippen molar-refractivity contribution in [1.82, 2.24) is 0 Å². The Bertz CT molecular complexity index is 592. The molecule has 1 heterocycles.